The third-order valence-electron chi connectivity index (χ3n) is 3.07. The molecule has 1 aromatic heterocycles. The summed E-state index contributed by atoms with van der Waals surface area (Å²) in [5.41, 5.74) is 2.81. The van der Waals surface area contributed by atoms with E-state index in [1.807, 2.05) is 25.1 Å². The standard InChI is InChI=1S/C16H13FN2OS/c1-10-2-7-13-14(8-10)21-16(18-13)19-15(20)9-11-3-5-12(17)6-4-11/h2-8H,9H2,1H3,(H,18,19,20). The predicted molar refractivity (Wildman–Crippen MR) is 83.1 cm³/mol. The first-order valence-electron chi connectivity index (χ1n) is 6.52. The molecule has 0 aliphatic carbocycles. The Morgan fingerprint density at radius 2 is 2.00 bits per heavy atom. The average Bonchev–Trinajstić information content (AvgIpc) is 2.82. The van der Waals surface area contributed by atoms with Gasteiger partial charge < -0.3 is 5.32 Å². The van der Waals surface area contributed by atoms with E-state index in [9.17, 15) is 9.18 Å². The van der Waals surface area contributed by atoms with E-state index < -0.39 is 0 Å². The van der Waals surface area contributed by atoms with Crippen molar-refractivity contribution < 1.29 is 9.18 Å². The Morgan fingerprint density at radius 3 is 2.76 bits per heavy atom. The Morgan fingerprint density at radius 1 is 1.24 bits per heavy atom. The maximum atomic E-state index is 12.8. The summed E-state index contributed by atoms with van der Waals surface area (Å²) in [6.45, 7) is 2.02. The zero-order chi connectivity index (χ0) is 14.8. The molecule has 21 heavy (non-hydrogen) atoms. The minimum atomic E-state index is -0.305. The number of anilines is 1. The predicted octanol–water partition coefficient (Wildman–Crippen LogP) is 3.93. The molecule has 3 rings (SSSR count). The zero-order valence-electron chi connectivity index (χ0n) is 11.4. The second-order valence-corrected chi connectivity index (χ2v) is 5.87. The number of aryl methyl sites for hydroxylation is 1. The number of thiazole rings is 1. The summed E-state index contributed by atoms with van der Waals surface area (Å²) < 4.78 is 13.9. The van der Waals surface area contributed by atoms with Crippen molar-refractivity contribution in [2.45, 2.75) is 13.3 Å². The van der Waals surface area contributed by atoms with Crippen molar-refractivity contribution in [2.75, 3.05) is 5.32 Å². The van der Waals surface area contributed by atoms with Gasteiger partial charge in [0, 0.05) is 0 Å². The number of carbonyl (C=O) groups excluding carboxylic acids is 1. The van der Waals surface area contributed by atoms with Crippen LogP contribution in [0.5, 0.6) is 0 Å². The van der Waals surface area contributed by atoms with Crippen LogP contribution in [0.2, 0.25) is 0 Å². The molecule has 0 bridgehead atoms. The maximum Gasteiger partial charge on any atom is 0.230 e. The summed E-state index contributed by atoms with van der Waals surface area (Å²) in [6.07, 6.45) is 0.204. The Bertz CT molecular complexity index is 796. The Hall–Kier alpha value is -2.27. The molecule has 106 valence electrons. The fourth-order valence-electron chi connectivity index (χ4n) is 2.04. The summed E-state index contributed by atoms with van der Waals surface area (Å²) in [7, 11) is 0. The van der Waals surface area contributed by atoms with E-state index in [0.717, 1.165) is 21.3 Å². The number of nitrogens with one attached hydrogen (secondary N) is 1. The first-order valence-corrected chi connectivity index (χ1v) is 7.33. The van der Waals surface area contributed by atoms with Crippen molar-refractivity contribution in [3.8, 4) is 0 Å². The van der Waals surface area contributed by atoms with Crippen LogP contribution in [0.1, 0.15) is 11.1 Å². The van der Waals surface area contributed by atoms with Crippen LogP contribution in [-0.4, -0.2) is 10.9 Å². The van der Waals surface area contributed by atoms with E-state index in [-0.39, 0.29) is 18.1 Å². The van der Waals surface area contributed by atoms with Crippen molar-refractivity contribution >= 4 is 32.6 Å². The van der Waals surface area contributed by atoms with Gasteiger partial charge in [0.25, 0.3) is 0 Å². The summed E-state index contributed by atoms with van der Waals surface area (Å²) in [4.78, 5) is 16.3. The van der Waals surface area contributed by atoms with Crippen LogP contribution in [0.25, 0.3) is 10.2 Å². The number of hydrogen-bond donors (Lipinski definition) is 1. The molecular weight excluding hydrogens is 287 g/mol. The van der Waals surface area contributed by atoms with Crippen molar-refractivity contribution in [1.82, 2.24) is 4.98 Å². The normalized spacial score (nSPS) is 10.8. The lowest BCUT2D eigenvalue weighted by Crippen LogP contribution is -2.14. The molecule has 5 heteroatoms. The summed E-state index contributed by atoms with van der Waals surface area (Å²) in [6, 6.07) is 11.9. The lowest BCUT2D eigenvalue weighted by atomic mass is 10.1. The molecule has 0 atom stereocenters. The molecule has 0 radical (unpaired) electrons. The molecule has 3 nitrogen and oxygen atoms in total. The van der Waals surface area contributed by atoms with E-state index >= 15 is 0 Å². The molecule has 1 amide bonds. The molecular formula is C16H13FN2OS. The topological polar surface area (TPSA) is 42.0 Å². The van der Waals surface area contributed by atoms with E-state index in [0.29, 0.717) is 5.13 Å². The quantitative estimate of drug-likeness (QED) is 0.796. The first-order chi connectivity index (χ1) is 10.1. The van der Waals surface area contributed by atoms with Gasteiger partial charge in [-0.2, -0.15) is 0 Å². The molecule has 0 saturated carbocycles. The Labute approximate surface area is 125 Å². The molecule has 1 N–H and O–H groups in total. The van der Waals surface area contributed by atoms with E-state index in [4.69, 9.17) is 0 Å². The van der Waals surface area contributed by atoms with Crippen LogP contribution in [0.3, 0.4) is 0 Å². The minimum Gasteiger partial charge on any atom is -0.302 e. The first kappa shape index (κ1) is 13.7. The van der Waals surface area contributed by atoms with Crippen LogP contribution in [0, 0.1) is 12.7 Å². The zero-order valence-corrected chi connectivity index (χ0v) is 12.2. The fraction of sp³-hybridized carbons (Fsp3) is 0.125. The highest BCUT2D eigenvalue weighted by atomic mass is 32.1. The summed E-state index contributed by atoms with van der Waals surface area (Å²) in [5.74, 6) is -0.460. The average molecular weight is 300 g/mol. The van der Waals surface area contributed by atoms with Crippen LogP contribution >= 0.6 is 11.3 Å². The Balaban J connectivity index is 1.72. The Kier molecular flexibility index (Phi) is 3.66. The number of amides is 1. The van der Waals surface area contributed by atoms with Gasteiger partial charge in [-0.05, 0) is 42.3 Å². The molecule has 0 spiro atoms. The molecule has 0 saturated heterocycles. The van der Waals surface area contributed by atoms with Crippen LogP contribution in [0.4, 0.5) is 9.52 Å². The highest BCUT2D eigenvalue weighted by Gasteiger charge is 2.08. The lowest BCUT2D eigenvalue weighted by Gasteiger charge is -2.01. The number of benzene rings is 2. The molecule has 0 aliphatic rings. The van der Waals surface area contributed by atoms with Gasteiger partial charge in [-0.25, -0.2) is 9.37 Å². The fourth-order valence-corrected chi connectivity index (χ4v) is 3.02. The van der Waals surface area contributed by atoms with Gasteiger partial charge in [0.05, 0.1) is 16.6 Å². The van der Waals surface area contributed by atoms with Crippen molar-refractivity contribution in [2.24, 2.45) is 0 Å². The second-order valence-electron chi connectivity index (χ2n) is 4.84. The molecule has 3 aromatic rings. The smallest absolute Gasteiger partial charge is 0.230 e. The lowest BCUT2D eigenvalue weighted by molar-refractivity contribution is -0.115. The highest BCUT2D eigenvalue weighted by molar-refractivity contribution is 7.22. The third-order valence-corrected chi connectivity index (χ3v) is 4.00. The molecule has 0 fully saturated rings. The maximum absolute atomic E-state index is 12.8. The highest BCUT2D eigenvalue weighted by Crippen LogP contribution is 2.26. The molecule has 2 aromatic carbocycles. The molecule has 0 aliphatic heterocycles. The number of fused-ring (bicyclic) bond motifs is 1. The number of carbonyl (C=O) groups is 1. The van der Waals surface area contributed by atoms with Gasteiger partial charge in [-0.1, -0.05) is 29.5 Å². The van der Waals surface area contributed by atoms with Crippen molar-refractivity contribution in [3.05, 3.63) is 59.4 Å². The number of rotatable bonds is 3. The van der Waals surface area contributed by atoms with Crippen LogP contribution < -0.4 is 5.32 Å². The summed E-state index contributed by atoms with van der Waals surface area (Å²) >= 11 is 1.45. The number of hydrogen-bond acceptors (Lipinski definition) is 3. The third kappa shape index (κ3) is 3.25. The van der Waals surface area contributed by atoms with Gasteiger partial charge in [0.15, 0.2) is 5.13 Å². The van der Waals surface area contributed by atoms with Crippen LogP contribution in [-0.2, 0) is 11.2 Å². The monoisotopic (exact) mass is 300 g/mol. The van der Waals surface area contributed by atoms with Crippen molar-refractivity contribution in [1.29, 1.82) is 0 Å². The van der Waals surface area contributed by atoms with E-state index in [2.05, 4.69) is 10.3 Å². The molecule has 1 heterocycles. The van der Waals surface area contributed by atoms with Gasteiger partial charge in [0.2, 0.25) is 5.91 Å². The van der Waals surface area contributed by atoms with Crippen LogP contribution in [0.15, 0.2) is 42.5 Å². The SMILES string of the molecule is Cc1ccc2nc(NC(=O)Cc3ccc(F)cc3)sc2c1. The number of nitrogens with zero attached hydrogens (tertiary/aromatic N) is 1. The minimum absolute atomic E-state index is 0.155. The molecule has 0 unspecified atom stereocenters. The summed E-state index contributed by atoms with van der Waals surface area (Å²) in [5, 5.41) is 3.37. The van der Waals surface area contributed by atoms with Crippen molar-refractivity contribution in [3.63, 3.8) is 0 Å². The van der Waals surface area contributed by atoms with Gasteiger partial charge >= 0.3 is 0 Å². The van der Waals surface area contributed by atoms with Gasteiger partial charge in [0.1, 0.15) is 5.82 Å². The van der Waals surface area contributed by atoms with Gasteiger partial charge in [-0.15, -0.1) is 0 Å². The number of halogens is 1. The van der Waals surface area contributed by atoms with Gasteiger partial charge in [-0.3, -0.25) is 4.79 Å². The van der Waals surface area contributed by atoms with E-state index in [1.54, 1.807) is 12.1 Å². The van der Waals surface area contributed by atoms with E-state index in [1.165, 1.54) is 23.5 Å². The second kappa shape index (κ2) is 5.61. The largest absolute Gasteiger partial charge is 0.302 e. The number of aromatic nitrogens is 1.